The van der Waals surface area contributed by atoms with Crippen LogP contribution in [0.2, 0.25) is 0 Å². The molecule has 0 saturated heterocycles. The number of ether oxygens (including phenoxy) is 1. The predicted octanol–water partition coefficient (Wildman–Crippen LogP) is 4.47. The summed E-state index contributed by atoms with van der Waals surface area (Å²) >= 11 is 1.69. The standard InChI is InChI=1S/C23H29NO3S/c1-16(25)19-9-10-20(28-19)22(11-5-6-12-22)15-24-21(26)23(13-14-23)17-7-3-4-8-18(17)27-2/h3-4,7-10,16,25H,5-6,11-15H2,1-2H3,(H,24,26)/t16-/m1/s1. The summed E-state index contributed by atoms with van der Waals surface area (Å²) in [5.74, 6) is 0.918. The van der Waals surface area contributed by atoms with Gasteiger partial charge in [0.2, 0.25) is 5.91 Å². The van der Waals surface area contributed by atoms with Crippen LogP contribution in [0.25, 0.3) is 0 Å². The minimum atomic E-state index is -0.438. The molecule has 0 aliphatic heterocycles. The smallest absolute Gasteiger partial charge is 0.230 e. The van der Waals surface area contributed by atoms with Gasteiger partial charge >= 0.3 is 0 Å². The highest BCUT2D eigenvalue weighted by molar-refractivity contribution is 7.12. The van der Waals surface area contributed by atoms with Crippen molar-refractivity contribution in [1.82, 2.24) is 5.32 Å². The molecule has 1 amide bonds. The summed E-state index contributed by atoms with van der Waals surface area (Å²) < 4.78 is 5.51. The van der Waals surface area contributed by atoms with E-state index >= 15 is 0 Å². The van der Waals surface area contributed by atoms with Crippen LogP contribution in [0.3, 0.4) is 0 Å². The zero-order valence-corrected chi connectivity index (χ0v) is 17.5. The first kappa shape index (κ1) is 19.5. The highest BCUT2D eigenvalue weighted by Crippen LogP contribution is 2.52. The number of nitrogens with one attached hydrogen (secondary N) is 1. The third-order valence-electron chi connectivity index (χ3n) is 6.52. The third-order valence-corrected chi connectivity index (χ3v) is 8.02. The molecule has 1 aromatic heterocycles. The molecule has 28 heavy (non-hydrogen) atoms. The molecule has 0 spiro atoms. The second-order valence-electron chi connectivity index (χ2n) is 8.33. The summed E-state index contributed by atoms with van der Waals surface area (Å²) in [6.45, 7) is 2.48. The van der Waals surface area contributed by atoms with Crippen LogP contribution in [0, 0.1) is 0 Å². The Morgan fingerprint density at radius 3 is 2.50 bits per heavy atom. The Bertz CT molecular complexity index is 847. The fourth-order valence-corrected chi connectivity index (χ4v) is 5.82. The van der Waals surface area contributed by atoms with E-state index in [4.69, 9.17) is 4.74 Å². The molecule has 2 fully saturated rings. The molecule has 1 aromatic carbocycles. The van der Waals surface area contributed by atoms with E-state index in [1.54, 1.807) is 18.4 Å². The Morgan fingerprint density at radius 2 is 1.89 bits per heavy atom. The minimum absolute atomic E-state index is 0.00429. The highest BCUT2D eigenvalue weighted by Gasteiger charge is 2.53. The molecule has 1 heterocycles. The van der Waals surface area contributed by atoms with Gasteiger partial charge in [0.1, 0.15) is 5.75 Å². The average molecular weight is 400 g/mol. The monoisotopic (exact) mass is 399 g/mol. The largest absolute Gasteiger partial charge is 0.496 e. The number of methoxy groups -OCH3 is 1. The van der Waals surface area contributed by atoms with Gasteiger partial charge in [0.05, 0.1) is 18.6 Å². The topological polar surface area (TPSA) is 58.6 Å². The Hall–Kier alpha value is -1.85. The molecule has 1 atom stereocenters. The van der Waals surface area contributed by atoms with E-state index in [9.17, 15) is 9.90 Å². The quantitative estimate of drug-likeness (QED) is 0.722. The maximum atomic E-state index is 13.2. The van der Waals surface area contributed by atoms with Gasteiger partial charge in [-0.15, -0.1) is 11.3 Å². The summed E-state index contributed by atoms with van der Waals surface area (Å²) in [5, 5.41) is 13.2. The van der Waals surface area contributed by atoms with E-state index in [2.05, 4.69) is 11.4 Å². The van der Waals surface area contributed by atoms with Gasteiger partial charge in [-0.3, -0.25) is 4.79 Å². The molecule has 150 valence electrons. The third kappa shape index (κ3) is 3.35. The van der Waals surface area contributed by atoms with Crippen molar-refractivity contribution in [1.29, 1.82) is 0 Å². The maximum absolute atomic E-state index is 13.2. The molecule has 2 saturated carbocycles. The maximum Gasteiger partial charge on any atom is 0.230 e. The number of rotatable bonds is 7. The van der Waals surface area contributed by atoms with E-state index in [1.807, 2.05) is 37.3 Å². The number of carbonyl (C=O) groups is 1. The zero-order chi connectivity index (χ0) is 19.8. The lowest BCUT2D eigenvalue weighted by molar-refractivity contribution is -0.123. The van der Waals surface area contributed by atoms with Gasteiger partial charge in [0.25, 0.3) is 0 Å². The number of amides is 1. The molecule has 2 aromatic rings. The fraction of sp³-hybridized carbons (Fsp3) is 0.522. The molecule has 2 aliphatic rings. The minimum Gasteiger partial charge on any atom is -0.496 e. The predicted molar refractivity (Wildman–Crippen MR) is 112 cm³/mol. The van der Waals surface area contributed by atoms with Crippen molar-refractivity contribution in [3.05, 3.63) is 51.7 Å². The van der Waals surface area contributed by atoms with Crippen molar-refractivity contribution in [2.45, 2.75) is 62.4 Å². The summed E-state index contributed by atoms with van der Waals surface area (Å²) in [6, 6.07) is 12.1. The number of aliphatic hydroxyl groups excluding tert-OH is 1. The van der Waals surface area contributed by atoms with E-state index in [-0.39, 0.29) is 11.3 Å². The van der Waals surface area contributed by atoms with Crippen LogP contribution < -0.4 is 10.1 Å². The molecule has 5 heteroatoms. The number of hydrogen-bond acceptors (Lipinski definition) is 4. The second kappa shape index (κ2) is 7.53. The first-order valence-corrected chi connectivity index (χ1v) is 11.0. The van der Waals surface area contributed by atoms with Crippen molar-refractivity contribution in [2.24, 2.45) is 0 Å². The first-order chi connectivity index (χ1) is 13.5. The van der Waals surface area contributed by atoms with Crippen molar-refractivity contribution >= 4 is 17.2 Å². The van der Waals surface area contributed by atoms with Crippen molar-refractivity contribution in [3.63, 3.8) is 0 Å². The lowest BCUT2D eigenvalue weighted by atomic mass is 9.84. The Labute approximate surface area is 170 Å². The Balaban J connectivity index is 1.52. The average Bonchev–Trinajstić information content (AvgIpc) is 3.13. The van der Waals surface area contributed by atoms with Crippen molar-refractivity contribution < 1.29 is 14.6 Å². The summed E-state index contributed by atoms with van der Waals surface area (Å²) in [4.78, 5) is 15.5. The normalized spacial score (nSPS) is 20.5. The van der Waals surface area contributed by atoms with Gasteiger partial charge in [0, 0.05) is 27.3 Å². The Kier molecular flexibility index (Phi) is 5.23. The SMILES string of the molecule is COc1ccccc1C1(C(=O)NCC2(c3ccc([C@@H](C)O)s3)CCCC2)CC1. The molecule has 0 unspecified atom stereocenters. The molecule has 0 bridgehead atoms. The summed E-state index contributed by atoms with van der Waals surface area (Å²) in [6.07, 6.45) is 5.87. The van der Waals surface area contributed by atoms with E-state index < -0.39 is 11.5 Å². The second-order valence-corrected chi connectivity index (χ2v) is 9.45. The number of benzene rings is 1. The number of para-hydroxylation sites is 1. The number of aliphatic hydroxyl groups is 1. The fourth-order valence-electron chi connectivity index (χ4n) is 4.63. The molecular weight excluding hydrogens is 370 g/mol. The van der Waals surface area contributed by atoms with Gasteiger partial charge in [-0.05, 0) is 50.8 Å². The summed E-state index contributed by atoms with van der Waals surface area (Å²) in [5.41, 5.74) is 0.569. The molecular formula is C23H29NO3S. The van der Waals surface area contributed by atoms with Gasteiger partial charge in [0.15, 0.2) is 0 Å². The molecule has 4 rings (SSSR count). The van der Waals surface area contributed by atoms with E-state index in [1.165, 1.54) is 17.7 Å². The van der Waals surface area contributed by atoms with Crippen LogP contribution in [0.1, 0.15) is 66.9 Å². The van der Waals surface area contributed by atoms with Crippen molar-refractivity contribution in [2.75, 3.05) is 13.7 Å². The van der Waals surface area contributed by atoms with Crippen LogP contribution >= 0.6 is 11.3 Å². The van der Waals surface area contributed by atoms with Crippen molar-refractivity contribution in [3.8, 4) is 5.75 Å². The first-order valence-electron chi connectivity index (χ1n) is 10.2. The molecule has 4 nitrogen and oxygen atoms in total. The van der Waals surface area contributed by atoms with Gasteiger partial charge < -0.3 is 15.2 Å². The molecule has 2 N–H and O–H groups in total. The molecule has 0 radical (unpaired) electrons. The van der Waals surface area contributed by atoms with Crippen LogP contribution in [0.15, 0.2) is 36.4 Å². The highest BCUT2D eigenvalue weighted by atomic mass is 32.1. The van der Waals surface area contributed by atoms with E-state index in [0.29, 0.717) is 6.54 Å². The lowest BCUT2D eigenvalue weighted by Gasteiger charge is -2.29. The summed E-state index contributed by atoms with van der Waals surface area (Å²) in [7, 11) is 1.66. The lowest BCUT2D eigenvalue weighted by Crippen LogP contribution is -2.43. The van der Waals surface area contributed by atoms with Crippen LogP contribution in [0.4, 0.5) is 0 Å². The molecule has 2 aliphatic carbocycles. The van der Waals surface area contributed by atoms with Gasteiger partial charge in [-0.1, -0.05) is 31.0 Å². The van der Waals surface area contributed by atoms with Crippen LogP contribution in [-0.4, -0.2) is 24.7 Å². The van der Waals surface area contributed by atoms with Crippen LogP contribution in [-0.2, 0) is 15.6 Å². The number of thiophene rings is 1. The van der Waals surface area contributed by atoms with E-state index in [0.717, 1.165) is 41.9 Å². The number of hydrogen-bond donors (Lipinski definition) is 2. The zero-order valence-electron chi connectivity index (χ0n) is 16.7. The van der Waals surface area contributed by atoms with Gasteiger partial charge in [-0.2, -0.15) is 0 Å². The Morgan fingerprint density at radius 1 is 1.18 bits per heavy atom. The van der Waals surface area contributed by atoms with Gasteiger partial charge in [-0.25, -0.2) is 0 Å². The number of carbonyl (C=O) groups excluding carboxylic acids is 1. The van der Waals surface area contributed by atoms with Crippen LogP contribution in [0.5, 0.6) is 5.75 Å².